The molecule has 3 N–H and O–H groups in total. The molecule has 0 bridgehead atoms. The van der Waals surface area contributed by atoms with E-state index in [2.05, 4.69) is 15.3 Å². The molecule has 0 unspecified atom stereocenters. The van der Waals surface area contributed by atoms with Crippen molar-refractivity contribution < 1.29 is 23.8 Å². The van der Waals surface area contributed by atoms with Gasteiger partial charge in [-0.2, -0.15) is 5.26 Å². The average Bonchev–Trinajstić information content (AvgIpc) is 2.83. The second-order valence-corrected chi connectivity index (χ2v) is 9.06. The summed E-state index contributed by atoms with van der Waals surface area (Å²) in [7, 11) is 0. The third-order valence-corrected chi connectivity index (χ3v) is 6.79. The topological polar surface area (TPSA) is 119 Å². The summed E-state index contributed by atoms with van der Waals surface area (Å²) in [5.41, 5.74) is -0.639. The molecular weight excluding hydrogens is 454 g/mol. The minimum Gasteiger partial charge on any atom is -0.390 e. The Labute approximate surface area is 201 Å². The monoisotopic (exact) mass is 478 g/mol. The number of rotatable bonds is 4. The highest BCUT2D eigenvalue weighted by Gasteiger charge is 2.43. The molecule has 1 saturated carbocycles. The number of aliphatic hydroxyl groups is 2. The number of halogens is 2. The Balaban J connectivity index is 1.62. The van der Waals surface area contributed by atoms with Gasteiger partial charge in [0, 0.05) is 11.8 Å². The lowest BCUT2D eigenvalue weighted by Gasteiger charge is -2.43. The number of nitriles is 1. The second-order valence-electron chi connectivity index (χ2n) is 9.06. The summed E-state index contributed by atoms with van der Waals surface area (Å²) < 4.78 is 28.9. The third kappa shape index (κ3) is 4.76. The predicted molar refractivity (Wildman–Crippen MR) is 124 cm³/mol. The highest BCUT2D eigenvalue weighted by atomic mass is 19.1. The summed E-state index contributed by atoms with van der Waals surface area (Å²) in [5.74, 6) is -2.61. The van der Waals surface area contributed by atoms with Gasteiger partial charge in [0.15, 0.2) is 0 Å². The summed E-state index contributed by atoms with van der Waals surface area (Å²) in [6, 6.07) is 9.32. The quantitative estimate of drug-likeness (QED) is 0.518. The summed E-state index contributed by atoms with van der Waals surface area (Å²) in [6.45, 7) is 3.48. The molecular formula is C26H24F2N4O3. The van der Waals surface area contributed by atoms with Crippen molar-refractivity contribution in [2.75, 3.05) is 5.32 Å². The molecule has 2 heterocycles. The molecule has 1 aliphatic carbocycles. The van der Waals surface area contributed by atoms with E-state index >= 15 is 0 Å². The third-order valence-electron chi connectivity index (χ3n) is 6.79. The van der Waals surface area contributed by atoms with Crippen LogP contribution < -0.4 is 5.32 Å². The first-order chi connectivity index (χ1) is 16.6. The molecule has 4 rings (SSSR count). The van der Waals surface area contributed by atoms with Crippen LogP contribution in [0.5, 0.6) is 0 Å². The summed E-state index contributed by atoms with van der Waals surface area (Å²) in [5, 5.41) is 32.6. The zero-order chi connectivity index (χ0) is 25.3. The van der Waals surface area contributed by atoms with Crippen molar-refractivity contribution in [2.24, 2.45) is 5.92 Å². The van der Waals surface area contributed by atoms with Gasteiger partial charge in [-0.25, -0.2) is 13.8 Å². The Morgan fingerprint density at radius 1 is 1.20 bits per heavy atom. The number of hydrogen-bond donors (Lipinski definition) is 3. The molecule has 1 aromatic carbocycles. The van der Waals surface area contributed by atoms with Gasteiger partial charge < -0.3 is 15.5 Å². The van der Waals surface area contributed by atoms with Gasteiger partial charge in [-0.05, 0) is 73.6 Å². The van der Waals surface area contributed by atoms with Crippen molar-refractivity contribution >= 4 is 11.6 Å². The molecule has 0 aliphatic heterocycles. The SMILES string of the molecule is C[C@H]1C[C@@H](c2ccncc2NC(=O)c2ccc(F)c(-c3ccc(C#N)cc3F)n2)C[C@@H](O)[C@]1(C)O. The first kappa shape index (κ1) is 24.4. The molecule has 1 fully saturated rings. The van der Waals surface area contributed by atoms with Gasteiger partial charge in [0.05, 0.1) is 35.2 Å². The first-order valence-corrected chi connectivity index (χ1v) is 11.1. The molecule has 35 heavy (non-hydrogen) atoms. The van der Waals surface area contributed by atoms with E-state index in [1.54, 1.807) is 25.3 Å². The van der Waals surface area contributed by atoms with Gasteiger partial charge in [-0.3, -0.25) is 9.78 Å². The van der Waals surface area contributed by atoms with Gasteiger partial charge in [0.2, 0.25) is 0 Å². The van der Waals surface area contributed by atoms with Crippen molar-refractivity contribution in [1.82, 2.24) is 9.97 Å². The van der Waals surface area contributed by atoms with Gasteiger partial charge in [-0.1, -0.05) is 6.92 Å². The van der Waals surface area contributed by atoms with E-state index in [-0.39, 0.29) is 34.4 Å². The number of carbonyl (C=O) groups is 1. The van der Waals surface area contributed by atoms with Crippen molar-refractivity contribution in [3.05, 3.63) is 77.2 Å². The van der Waals surface area contributed by atoms with E-state index in [1.165, 1.54) is 24.4 Å². The van der Waals surface area contributed by atoms with Crippen LogP contribution in [0.1, 0.15) is 54.2 Å². The fraction of sp³-hybridized carbons (Fsp3) is 0.308. The zero-order valence-corrected chi connectivity index (χ0v) is 19.2. The highest BCUT2D eigenvalue weighted by Crippen LogP contribution is 2.43. The Bertz CT molecular complexity index is 1310. The van der Waals surface area contributed by atoms with E-state index in [9.17, 15) is 23.8 Å². The highest BCUT2D eigenvalue weighted by molar-refractivity contribution is 6.03. The number of aliphatic hydroxyl groups excluding tert-OH is 1. The van der Waals surface area contributed by atoms with Crippen LogP contribution in [0.15, 0.2) is 48.8 Å². The van der Waals surface area contributed by atoms with Crippen LogP contribution in [0.2, 0.25) is 0 Å². The number of carbonyl (C=O) groups excluding carboxylic acids is 1. The fourth-order valence-electron chi connectivity index (χ4n) is 4.44. The molecule has 9 heteroatoms. The van der Waals surface area contributed by atoms with Crippen molar-refractivity contribution in [3.8, 4) is 17.3 Å². The number of aromatic nitrogens is 2. The number of hydrogen-bond acceptors (Lipinski definition) is 6. The minimum absolute atomic E-state index is 0.0772. The zero-order valence-electron chi connectivity index (χ0n) is 19.2. The van der Waals surface area contributed by atoms with Gasteiger partial charge in [0.1, 0.15) is 23.0 Å². The van der Waals surface area contributed by atoms with Crippen LogP contribution in [0.4, 0.5) is 14.5 Å². The molecule has 0 saturated heterocycles. The van der Waals surface area contributed by atoms with Crippen LogP contribution in [0.25, 0.3) is 11.3 Å². The number of anilines is 1. The van der Waals surface area contributed by atoms with E-state index in [0.29, 0.717) is 18.5 Å². The van der Waals surface area contributed by atoms with Crippen LogP contribution in [-0.2, 0) is 0 Å². The smallest absolute Gasteiger partial charge is 0.274 e. The summed E-state index contributed by atoms with van der Waals surface area (Å²) in [4.78, 5) is 21.1. The minimum atomic E-state index is -1.21. The van der Waals surface area contributed by atoms with Crippen LogP contribution in [-0.4, -0.2) is 37.8 Å². The summed E-state index contributed by atoms with van der Waals surface area (Å²) >= 11 is 0. The lowest BCUT2D eigenvalue weighted by Crippen LogP contribution is -2.49. The molecule has 1 amide bonds. The van der Waals surface area contributed by atoms with Crippen molar-refractivity contribution in [1.29, 1.82) is 5.26 Å². The maximum absolute atomic E-state index is 14.5. The van der Waals surface area contributed by atoms with E-state index in [0.717, 1.165) is 17.7 Å². The van der Waals surface area contributed by atoms with Crippen molar-refractivity contribution in [3.63, 3.8) is 0 Å². The Hall–Kier alpha value is -3.74. The van der Waals surface area contributed by atoms with Crippen molar-refractivity contribution in [2.45, 2.75) is 44.3 Å². The molecule has 0 radical (unpaired) electrons. The predicted octanol–water partition coefficient (Wildman–Crippen LogP) is 4.17. The average molecular weight is 478 g/mol. The van der Waals surface area contributed by atoms with E-state index < -0.39 is 29.2 Å². The number of pyridine rings is 2. The van der Waals surface area contributed by atoms with Crippen LogP contribution in [0.3, 0.4) is 0 Å². The lowest BCUT2D eigenvalue weighted by molar-refractivity contribution is -0.123. The number of benzene rings is 1. The Morgan fingerprint density at radius 2 is 1.97 bits per heavy atom. The molecule has 2 aromatic heterocycles. The maximum Gasteiger partial charge on any atom is 0.274 e. The number of nitrogens with zero attached hydrogens (tertiary/aromatic N) is 3. The molecule has 3 aromatic rings. The number of amides is 1. The molecule has 1 aliphatic rings. The van der Waals surface area contributed by atoms with Gasteiger partial charge in [-0.15, -0.1) is 0 Å². The Morgan fingerprint density at radius 3 is 2.66 bits per heavy atom. The normalized spacial score (nSPS) is 24.0. The van der Waals surface area contributed by atoms with Crippen LogP contribution >= 0.6 is 0 Å². The first-order valence-electron chi connectivity index (χ1n) is 11.1. The number of nitrogens with one attached hydrogen (secondary N) is 1. The lowest BCUT2D eigenvalue weighted by atomic mass is 9.69. The second kappa shape index (κ2) is 9.49. The van der Waals surface area contributed by atoms with E-state index in [1.807, 2.05) is 6.92 Å². The molecule has 180 valence electrons. The molecule has 0 spiro atoms. The van der Waals surface area contributed by atoms with Crippen LogP contribution in [0, 0.1) is 28.9 Å². The van der Waals surface area contributed by atoms with E-state index in [4.69, 9.17) is 5.26 Å². The standard InChI is InChI=1S/C26H24F2N4O3/c1-14-9-16(11-23(33)26(14,2)35)17-7-8-30-13-22(17)32-25(34)21-6-5-19(27)24(31-21)18-4-3-15(12-29)10-20(18)28/h3-8,10,13-14,16,23,33,35H,9,11H2,1-2H3,(H,32,34)/t14-,16+,23+,26+/m0/s1. The summed E-state index contributed by atoms with van der Waals surface area (Å²) in [6.07, 6.45) is 3.02. The van der Waals surface area contributed by atoms with Gasteiger partial charge in [0.25, 0.3) is 5.91 Å². The Kier molecular flexibility index (Phi) is 6.61. The molecule has 7 nitrogen and oxygen atoms in total. The molecule has 4 atom stereocenters. The van der Waals surface area contributed by atoms with Gasteiger partial charge >= 0.3 is 0 Å². The largest absolute Gasteiger partial charge is 0.390 e. The fourth-order valence-corrected chi connectivity index (χ4v) is 4.44. The maximum atomic E-state index is 14.5.